The van der Waals surface area contributed by atoms with Crippen LogP contribution in [0.3, 0.4) is 0 Å². The molecule has 4 saturated carbocycles. The van der Waals surface area contributed by atoms with E-state index in [1.165, 1.54) is 19.3 Å². The van der Waals surface area contributed by atoms with Crippen LogP contribution in [0.25, 0.3) is 0 Å². The molecular weight excluding hydrogens is 362 g/mol. The first-order valence-corrected chi connectivity index (χ1v) is 11.2. The van der Waals surface area contributed by atoms with E-state index < -0.39 is 22.8 Å². The normalized spacial score (nSPS) is 33.4. The fourth-order valence-electron chi connectivity index (χ4n) is 5.87. The first-order chi connectivity index (χ1) is 12.9. The Labute approximate surface area is 162 Å². The van der Waals surface area contributed by atoms with E-state index in [0.29, 0.717) is 22.6 Å². The number of amides is 1. The Morgan fingerprint density at radius 1 is 1.07 bits per heavy atom. The van der Waals surface area contributed by atoms with Gasteiger partial charge in [-0.25, -0.2) is 4.79 Å². The molecule has 0 spiro atoms. The van der Waals surface area contributed by atoms with Crippen molar-refractivity contribution in [1.29, 1.82) is 0 Å². The average molecular weight is 390 g/mol. The van der Waals surface area contributed by atoms with Gasteiger partial charge in [-0.3, -0.25) is 9.00 Å². The Morgan fingerprint density at radius 2 is 1.63 bits per heavy atom. The molecule has 4 aliphatic carbocycles. The molecule has 27 heavy (non-hydrogen) atoms. The minimum absolute atomic E-state index is 0.0838. The summed E-state index contributed by atoms with van der Waals surface area (Å²) in [6.07, 6.45) is 6.63. The van der Waals surface area contributed by atoms with E-state index >= 15 is 0 Å². The summed E-state index contributed by atoms with van der Waals surface area (Å²) >= 11 is 0. The molecule has 1 amide bonds. The largest absolute Gasteiger partial charge is 0.480 e. The van der Waals surface area contributed by atoms with Crippen LogP contribution in [-0.2, 0) is 20.4 Å². The Bertz CT molecular complexity index is 713. The molecule has 4 aliphatic rings. The van der Waals surface area contributed by atoms with E-state index in [1.54, 1.807) is 12.1 Å². The Morgan fingerprint density at radius 3 is 2.15 bits per heavy atom. The van der Waals surface area contributed by atoms with E-state index in [9.17, 15) is 18.9 Å². The topological polar surface area (TPSA) is 83.5 Å². The van der Waals surface area contributed by atoms with Crippen LogP contribution in [0.1, 0.15) is 44.9 Å². The first kappa shape index (κ1) is 18.7. The van der Waals surface area contributed by atoms with Crippen molar-refractivity contribution < 1.29 is 18.9 Å². The molecule has 0 aromatic heterocycles. The summed E-state index contributed by atoms with van der Waals surface area (Å²) in [6, 6.07) is 8.07. The van der Waals surface area contributed by atoms with E-state index in [1.807, 2.05) is 18.2 Å². The molecule has 5 nitrogen and oxygen atoms in total. The van der Waals surface area contributed by atoms with Crippen LogP contribution in [-0.4, -0.2) is 33.0 Å². The van der Waals surface area contributed by atoms with Crippen molar-refractivity contribution in [3.05, 3.63) is 30.3 Å². The number of hydrogen-bond donors (Lipinski definition) is 2. The van der Waals surface area contributed by atoms with Crippen molar-refractivity contribution in [2.45, 2.75) is 55.9 Å². The van der Waals surface area contributed by atoms with Crippen LogP contribution in [0.2, 0.25) is 0 Å². The van der Waals surface area contributed by atoms with E-state index in [4.69, 9.17) is 0 Å². The predicted molar refractivity (Wildman–Crippen MR) is 103 cm³/mol. The van der Waals surface area contributed by atoms with Gasteiger partial charge in [0, 0.05) is 16.1 Å². The zero-order chi connectivity index (χ0) is 19.0. The van der Waals surface area contributed by atoms with E-state index in [-0.39, 0.29) is 23.5 Å². The summed E-state index contributed by atoms with van der Waals surface area (Å²) < 4.78 is 12.4. The van der Waals surface area contributed by atoms with Gasteiger partial charge in [0.1, 0.15) is 6.04 Å². The maximum atomic E-state index is 13.1. The molecule has 0 heterocycles. The van der Waals surface area contributed by atoms with Crippen LogP contribution in [0.4, 0.5) is 0 Å². The molecule has 4 fully saturated rings. The zero-order valence-electron chi connectivity index (χ0n) is 15.4. The lowest BCUT2D eigenvalue weighted by Gasteiger charge is -2.55. The second kappa shape index (κ2) is 7.38. The number of carboxylic acid groups (broad SMARTS) is 1. The highest BCUT2D eigenvalue weighted by Gasteiger charge is 2.54. The smallest absolute Gasteiger partial charge is 0.326 e. The number of rotatable bonds is 7. The van der Waals surface area contributed by atoms with Crippen molar-refractivity contribution >= 4 is 22.7 Å². The highest BCUT2D eigenvalue weighted by Crippen LogP contribution is 2.60. The minimum Gasteiger partial charge on any atom is -0.480 e. The maximum Gasteiger partial charge on any atom is 0.326 e. The number of carbonyl (C=O) groups excluding carboxylic acids is 1. The van der Waals surface area contributed by atoms with E-state index in [0.717, 1.165) is 19.3 Å². The van der Waals surface area contributed by atoms with Gasteiger partial charge in [-0.05, 0) is 74.8 Å². The predicted octanol–water partition coefficient (Wildman–Crippen LogP) is 2.97. The number of nitrogens with one attached hydrogen (secondary N) is 1. The van der Waals surface area contributed by atoms with E-state index in [2.05, 4.69) is 5.32 Å². The van der Waals surface area contributed by atoms with Gasteiger partial charge in [-0.2, -0.15) is 0 Å². The molecule has 146 valence electrons. The van der Waals surface area contributed by atoms with Crippen molar-refractivity contribution in [2.24, 2.45) is 23.2 Å². The summed E-state index contributed by atoms with van der Waals surface area (Å²) in [6.45, 7) is 0. The molecule has 5 rings (SSSR count). The summed E-state index contributed by atoms with van der Waals surface area (Å²) in [5.41, 5.74) is -0.360. The van der Waals surface area contributed by atoms with Gasteiger partial charge >= 0.3 is 5.97 Å². The quantitative estimate of drug-likeness (QED) is 0.751. The molecule has 0 radical (unpaired) electrons. The van der Waals surface area contributed by atoms with Crippen LogP contribution in [0.15, 0.2) is 35.2 Å². The summed E-state index contributed by atoms with van der Waals surface area (Å²) in [4.78, 5) is 25.5. The lowest BCUT2D eigenvalue weighted by Crippen LogP contribution is -2.56. The monoisotopic (exact) mass is 389 g/mol. The molecule has 1 aromatic rings. The van der Waals surface area contributed by atoms with Crippen molar-refractivity contribution in [3.8, 4) is 0 Å². The van der Waals surface area contributed by atoms with Crippen molar-refractivity contribution in [2.75, 3.05) is 5.75 Å². The van der Waals surface area contributed by atoms with Crippen LogP contribution < -0.4 is 5.32 Å². The highest BCUT2D eigenvalue weighted by molar-refractivity contribution is 7.85. The fraction of sp³-hybridized carbons (Fsp3) is 0.619. The van der Waals surface area contributed by atoms with Gasteiger partial charge in [0.15, 0.2) is 0 Å². The highest BCUT2D eigenvalue weighted by atomic mass is 32.2. The summed E-state index contributed by atoms with van der Waals surface area (Å²) in [5, 5.41) is 12.4. The van der Waals surface area contributed by atoms with Crippen LogP contribution in [0, 0.1) is 23.2 Å². The third kappa shape index (κ3) is 3.82. The first-order valence-electron chi connectivity index (χ1n) is 9.92. The molecule has 1 aromatic carbocycles. The molecular formula is C21H27NO4S. The summed E-state index contributed by atoms with van der Waals surface area (Å²) in [7, 11) is -1.26. The maximum absolute atomic E-state index is 13.1. The third-order valence-electron chi connectivity index (χ3n) is 6.72. The lowest BCUT2D eigenvalue weighted by atomic mass is 9.49. The Balaban J connectivity index is 1.39. The molecule has 6 heteroatoms. The molecule has 2 atom stereocenters. The molecule has 0 unspecified atom stereocenters. The van der Waals surface area contributed by atoms with Gasteiger partial charge in [0.05, 0.1) is 10.8 Å². The summed E-state index contributed by atoms with van der Waals surface area (Å²) in [5.74, 6) is 1.00. The number of carboxylic acids is 1. The zero-order valence-corrected chi connectivity index (χ0v) is 16.2. The standard InChI is InChI=1S/C21H27NO4S/c23-19(24)18(6-7-27(26)17-4-2-1-3-5-17)22-20(25)21-11-14-8-15(12-21)10-16(9-14)13-21/h1-5,14-16,18H,6-13H2,(H,22,25)(H,23,24)/t14?,15?,16?,18-,21?,27+/m0/s1. The number of aliphatic carboxylic acids is 1. The molecule has 0 saturated heterocycles. The second-order valence-corrected chi connectivity index (χ2v) is 10.3. The average Bonchev–Trinajstić information content (AvgIpc) is 2.64. The SMILES string of the molecule is O=C(O)[C@H](CC[S@@](=O)c1ccccc1)NC(=O)C12CC3CC(CC(C3)C1)C2. The minimum atomic E-state index is -1.26. The van der Waals surface area contributed by atoms with Crippen molar-refractivity contribution in [3.63, 3.8) is 0 Å². The molecule has 4 bridgehead atoms. The number of hydrogen-bond acceptors (Lipinski definition) is 3. The van der Waals surface area contributed by atoms with Gasteiger partial charge < -0.3 is 10.4 Å². The van der Waals surface area contributed by atoms with Gasteiger partial charge in [-0.1, -0.05) is 18.2 Å². The van der Waals surface area contributed by atoms with Crippen LogP contribution in [0.5, 0.6) is 0 Å². The van der Waals surface area contributed by atoms with Crippen LogP contribution >= 0.6 is 0 Å². The van der Waals surface area contributed by atoms with Crippen molar-refractivity contribution in [1.82, 2.24) is 5.32 Å². The van der Waals surface area contributed by atoms with Gasteiger partial charge in [-0.15, -0.1) is 0 Å². The van der Waals surface area contributed by atoms with Gasteiger partial charge in [0.25, 0.3) is 0 Å². The second-order valence-electron chi connectivity index (χ2n) is 8.71. The Hall–Kier alpha value is -1.69. The Kier molecular flexibility index (Phi) is 5.10. The fourth-order valence-corrected chi connectivity index (χ4v) is 7.02. The number of benzene rings is 1. The lowest BCUT2D eigenvalue weighted by molar-refractivity contribution is -0.151. The van der Waals surface area contributed by atoms with Gasteiger partial charge in [0.2, 0.25) is 5.91 Å². The third-order valence-corrected chi connectivity index (χ3v) is 8.13. The number of carbonyl (C=O) groups is 2. The molecule has 2 N–H and O–H groups in total. The molecule has 0 aliphatic heterocycles.